The summed E-state index contributed by atoms with van der Waals surface area (Å²) in [6.45, 7) is 0. The first-order valence-corrected chi connectivity index (χ1v) is 6.10. The average Bonchev–Trinajstić information content (AvgIpc) is 2.51. The lowest BCUT2D eigenvalue weighted by Gasteiger charge is -2.02. The zero-order valence-electron chi connectivity index (χ0n) is 10.1. The minimum absolute atomic E-state index is 0.800. The standard InChI is InChI=1S/C12H9Cl.C3H3N3/c13-12-9-5-4-8-11(12)10-6-2-1-3-7-10;1-4-2-6-3-5-1/h1-9H;1-3H. The summed E-state index contributed by atoms with van der Waals surface area (Å²) in [5, 5.41) is 0.800. The molecule has 0 saturated carbocycles. The third kappa shape index (κ3) is 4.16. The van der Waals surface area contributed by atoms with Crippen LogP contribution < -0.4 is 0 Å². The van der Waals surface area contributed by atoms with Gasteiger partial charge in [0.1, 0.15) is 19.0 Å². The Labute approximate surface area is 117 Å². The zero-order valence-corrected chi connectivity index (χ0v) is 10.9. The molecule has 0 saturated heterocycles. The Kier molecular flexibility index (Phi) is 5.02. The van der Waals surface area contributed by atoms with Crippen molar-refractivity contribution in [2.75, 3.05) is 0 Å². The van der Waals surface area contributed by atoms with E-state index >= 15 is 0 Å². The molecule has 0 N–H and O–H groups in total. The normalized spacial score (nSPS) is 9.32. The average molecular weight is 270 g/mol. The highest BCUT2D eigenvalue weighted by Crippen LogP contribution is 2.26. The van der Waals surface area contributed by atoms with Gasteiger partial charge in [0, 0.05) is 10.6 Å². The Morgan fingerprint density at radius 1 is 0.632 bits per heavy atom. The Bertz CT molecular complexity index is 573. The third-order valence-corrected chi connectivity index (χ3v) is 2.69. The maximum Gasteiger partial charge on any atom is 0.119 e. The number of rotatable bonds is 1. The molecule has 0 aliphatic rings. The van der Waals surface area contributed by atoms with Gasteiger partial charge in [0.25, 0.3) is 0 Å². The molecule has 3 rings (SSSR count). The summed E-state index contributed by atoms with van der Waals surface area (Å²) in [7, 11) is 0. The van der Waals surface area contributed by atoms with Crippen LogP contribution in [0.1, 0.15) is 0 Å². The van der Waals surface area contributed by atoms with Crippen molar-refractivity contribution in [3.05, 3.63) is 78.6 Å². The molecular weight excluding hydrogens is 258 g/mol. The van der Waals surface area contributed by atoms with E-state index in [4.69, 9.17) is 11.6 Å². The summed E-state index contributed by atoms with van der Waals surface area (Å²) >= 11 is 6.06. The predicted molar refractivity (Wildman–Crippen MR) is 76.7 cm³/mol. The first-order valence-electron chi connectivity index (χ1n) is 5.73. The highest BCUT2D eigenvalue weighted by atomic mass is 35.5. The van der Waals surface area contributed by atoms with Gasteiger partial charge in [0.2, 0.25) is 0 Å². The number of hydrogen-bond donors (Lipinski definition) is 0. The van der Waals surface area contributed by atoms with Crippen molar-refractivity contribution in [3.63, 3.8) is 0 Å². The van der Waals surface area contributed by atoms with Crippen molar-refractivity contribution in [2.45, 2.75) is 0 Å². The monoisotopic (exact) mass is 269 g/mol. The second kappa shape index (κ2) is 7.24. The molecule has 0 aliphatic carbocycles. The van der Waals surface area contributed by atoms with Crippen molar-refractivity contribution >= 4 is 11.6 Å². The fourth-order valence-electron chi connectivity index (χ4n) is 1.52. The van der Waals surface area contributed by atoms with Crippen LogP contribution in [0.25, 0.3) is 11.1 Å². The topological polar surface area (TPSA) is 38.7 Å². The smallest absolute Gasteiger partial charge is 0.119 e. The molecule has 2 aromatic carbocycles. The van der Waals surface area contributed by atoms with Crippen molar-refractivity contribution in [2.24, 2.45) is 0 Å². The quantitative estimate of drug-likeness (QED) is 0.673. The van der Waals surface area contributed by atoms with Crippen molar-refractivity contribution in [3.8, 4) is 11.1 Å². The molecular formula is C15H12ClN3. The summed E-state index contributed by atoms with van der Waals surface area (Å²) in [6.07, 6.45) is 4.31. The van der Waals surface area contributed by atoms with Gasteiger partial charge in [-0.3, -0.25) is 0 Å². The second-order valence-corrected chi connectivity index (χ2v) is 4.05. The Hall–Kier alpha value is -2.26. The van der Waals surface area contributed by atoms with Gasteiger partial charge in [-0.1, -0.05) is 60.1 Å². The van der Waals surface area contributed by atoms with Gasteiger partial charge in [0.05, 0.1) is 0 Å². The Morgan fingerprint density at radius 3 is 1.68 bits per heavy atom. The van der Waals surface area contributed by atoms with Gasteiger partial charge >= 0.3 is 0 Å². The molecule has 94 valence electrons. The molecule has 0 fully saturated rings. The second-order valence-electron chi connectivity index (χ2n) is 3.64. The number of halogens is 1. The van der Waals surface area contributed by atoms with Crippen LogP contribution in [0.2, 0.25) is 5.02 Å². The maximum atomic E-state index is 6.06. The molecule has 19 heavy (non-hydrogen) atoms. The Morgan fingerprint density at radius 2 is 1.16 bits per heavy atom. The first-order chi connectivity index (χ1) is 9.38. The molecule has 0 aliphatic heterocycles. The first kappa shape index (κ1) is 13.2. The van der Waals surface area contributed by atoms with Gasteiger partial charge in [-0.2, -0.15) is 0 Å². The minimum atomic E-state index is 0.800. The number of benzene rings is 2. The predicted octanol–water partition coefficient (Wildman–Crippen LogP) is 3.88. The summed E-state index contributed by atoms with van der Waals surface area (Å²) in [5.74, 6) is 0. The van der Waals surface area contributed by atoms with Gasteiger partial charge in [0.15, 0.2) is 0 Å². The molecule has 1 aromatic heterocycles. The molecule has 3 nitrogen and oxygen atoms in total. The summed E-state index contributed by atoms with van der Waals surface area (Å²) in [4.78, 5) is 10.7. The van der Waals surface area contributed by atoms with Crippen LogP contribution in [-0.2, 0) is 0 Å². The number of hydrogen-bond acceptors (Lipinski definition) is 3. The van der Waals surface area contributed by atoms with Gasteiger partial charge < -0.3 is 0 Å². The highest BCUT2D eigenvalue weighted by molar-refractivity contribution is 6.33. The van der Waals surface area contributed by atoms with E-state index < -0.39 is 0 Å². The van der Waals surface area contributed by atoms with Crippen LogP contribution in [0, 0.1) is 0 Å². The van der Waals surface area contributed by atoms with E-state index in [-0.39, 0.29) is 0 Å². The summed E-state index contributed by atoms with van der Waals surface area (Å²) < 4.78 is 0. The molecule has 0 atom stereocenters. The van der Waals surface area contributed by atoms with E-state index in [1.54, 1.807) is 0 Å². The van der Waals surface area contributed by atoms with Crippen LogP contribution in [0.5, 0.6) is 0 Å². The van der Waals surface area contributed by atoms with Crippen LogP contribution >= 0.6 is 11.6 Å². The van der Waals surface area contributed by atoms with E-state index in [2.05, 4.69) is 27.1 Å². The van der Waals surface area contributed by atoms with Gasteiger partial charge in [-0.05, 0) is 11.6 Å². The third-order valence-electron chi connectivity index (χ3n) is 2.36. The fraction of sp³-hybridized carbons (Fsp3) is 0. The van der Waals surface area contributed by atoms with E-state index in [0.29, 0.717) is 0 Å². The van der Waals surface area contributed by atoms with Crippen LogP contribution in [0.4, 0.5) is 0 Å². The molecule has 0 spiro atoms. The van der Waals surface area contributed by atoms with E-state index in [1.807, 2.05) is 42.5 Å². The lowest BCUT2D eigenvalue weighted by Crippen LogP contribution is -1.77. The van der Waals surface area contributed by atoms with Crippen LogP contribution in [0.15, 0.2) is 73.6 Å². The van der Waals surface area contributed by atoms with Crippen molar-refractivity contribution in [1.29, 1.82) is 0 Å². The summed E-state index contributed by atoms with van der Waals surface area (Å²) in [6, 6.07) is 18.0. The van der Waals surface area contributed by atoms with Crippen molar-refractivity contribution in [1.82, 2.24) is 15.0 Å². The van der Waals surface area contributed by atoms with Gasteiger partial charge in [-0.25, -0.2) is 15.0 Å². The van der Waals surface area contributed by atoms with Crippen LogP contribution in [-0.4, -0.2) is 15.0 Å². The van der Waals surface area contributed by atoms with E-state index in [1.165, 1.54) is 19.0 Å². The maximum absolute atomic E-state index is 6.06. The molecule has 0 radical (unpaired) electrons. The lowest BCUT2D eigenvalue weighted by molar-refractivity contribution is 1.05. The molecule has 0 unspecified atom stereocenters. The Balaban J connectivity index is 0.000000186. The fourth-order valence-corrected chi connectivity index (χ4v) is 1.76. The zero-order chi connectivity index (χ0) is 13.3. The number of nitrogens with zero attached hydrogens (tertiary/aromatic N) is 3. The van der Waals surface area contributed by atoms with Crippen LogP contribution in [0.3, 0.4) is 0 Å². The van der Waals surface area contributed by atoms with Crippen molar-refractivity contribution < 1.29 is 0 Å². The molecule has 0 amide bonds. The highest BCUT2D eigenvalue weighted by Gasteiger charge is 1.99. The van der Waals surface area contributed by atoms with E-state index in [0.717, 1.165) is 16.1 Å². The number of aromatic nitrogens is 3. The molecule has 4 heteroatoms. The lowest BCUT2D eigenvalue weighted by atomic mass is 10.1. The molecule has 0 bridgehead atoms. The minimum Gasteiger partial charge on any atom is -0.225 e. The molecule has 1 heterocycles. The molecule has 3 aromatic rings. The summed E-state index contributed by atoms with van der Waals surface area (Å²) in [5.41, 5.74) is 2.25. The van der Waals surface area contributed by atoms with E-state index in [9.17, 15) is 0 Å². The largest absolute Gasteiger partial charge is 0.225 e. The SMILES string of the molecule is Clc1ccccc1-c1ccccc1.c1ncncn1. The van der Waals surface area contributed by atoms with Gasteiger partial charge in [-0.15, -0.1) is 0 Å².